The van der Waals surface area contributed by atoms with E-state index < -0.39 is 8.80 Å². The van der Waals surface area contributed by atoms with E-state index >= 15 is 0 Å². The van der Waals surface area contributed by atoms with Gasteiger partial charge in [-0.3, -0.25) is 0 Å². The molecule has 0 aromatic heterocycles. The largest absolute Gasteiger partial charge is 0.500 e. The Morgan fingerprint density at radius 1 is 0.783 bits per heavy atom. The fraction of sp³-hybridized carbons (Fsp3) is 0.941. The highest BCUT2D eigenvalue weighted by Crippen LogP contribution is 2.21. The number of isocyanates is 1. The molecule has 0 aliphatic heterocycles. The van der Waals surface area contributed by atoms with E-state index in [4.69, 9.17) is 13.3 Å². The maximum Gasteiger partial charge on any atom is 0.500 e. The van der Waals surface area contributed by atoms with Crippen molar-refractivity contribution in [3.8, 4) is 0 Å². The number of hydrogen-bond acceptors (Lipinski definition) is 5. The lowest BCUT2D eigenvalue weighted by Gasteiger charge is -2.30. The summed E-state index contributed by atoms with van der Waals surface area (Å²) in [6.07, 6.45) is 9.71. The molecule has 6 heteroatoms. The number of rotatable bonds is 17. The van der Waals surface area contributed by atoms with Crippen LogP contribution in [0.4, 0.5) is 0 Å². The molecule has 0 bridgehead atoms. The molecule has 0 rings (SSSR count). The third-order valence-corrected chi connectivity index (χ3v) is 6.42. The fourth-order valence-electron chi connectivity index (χ4n) is 2.04. The number of hydrogen-bond donors (Lipinski definition) is 0. The molecule has 0 spiro atoms. The molecular weight excluding hydrogens is 310 g/mol. The van der Waals surface area contributed by atoms with Gasteiger partial charge in [0.2, 0.25) is 6.08 Å². The molecule has 136 valence electrons. The zero-order chi connectivity index (χ0) is 17.2. The van der Waals surface area contributed by atoms with E-state index in [2.05, 4.69) is 25.8 Å². The average molecular weight is 346 g/mol. The van der Waals surface area contributed by atoms with Gasteiger partial charge in [-0.2, -0.15) is 0 Å². The van der Waals surface area contributed by atoms with E-state index in [0.717, 1.165) is 57.4 Å². The zero-order valence-electron chi connectivity index (χ0n) is 15.3. The molecule has 23 heavy (non-hydrogen) atoms. The smallest absolute Gasteiger partial charge is 0.373 e. The molecule has 0 aromatic carbocycles. The molecule has 0 saturated heterocycles. The molecule has 0 aliphatic carbocycles. The second-order valence-corrected chi connectivity index (χ2v) is 8.45. The van der Waals surface area contributed by atoms with Gasteiger partial charge in [0.15, 0.2) is 0 Å². The molecule has 0 heterocycles. The Bertz CT molecular complexity index is 282. The van der Waals surface area contributed by atoms with Crippen LogP contribution >= 0.6 is 0 Å². The Kier molecular flexibility index (Phi) is 16.0. The molecule has 0 unspecified atom stereocenters. The van der Waals surface area contributed by atoms with Gasteiger partial charge in [-0.1, -0.05) is 40.0 Å². The van der Waals surface area contributed by atoms with Crippen molar-refractivity contribution in [3.05, 3.63) is 0 Å². The minimum Gasteiger partial charge on any atom is -0.373 e. The number of aliphatic imine (C=N–C) groups is 1. The van der Waals surface area contributed by atoms with E-state index in [9.17, 15) is 4.79 Å². The van der Waals surface area contributed by atoms with E-state index in [1.807, 2.05) is 0 Å². The number of nitrogens with zero attached hydrogens (tertiary/aromatic N) is 1. The van der Waals surface area contributed by atoms with Crippen molar-refractivity contribution < 1.29 is 18.1 Å². The lowest BCUT2D eigenvalue weighted by molar-refractivity contribution is 0.0557. The van der Waals surface area contributed by atoms with Crippen molar-refractivity contribution in [1.29, 1.82) is 0 Å². The first-order chi connectivity index (χ1) is 11.2. The van der Waals surface area contributed by atoms with Crippen LogP contribution in [0.25, 0.3) is 0 Å². The molecule has 0 atom stereocenters. The van der Waals surface area contributed by atoms with Crippen molar-refractivity contribution in [3.63, 3.8) is 0 Å². The highest BCUT2D eigenvalue weighted by Gasteiger charge is 2.40. The van der Waals surface area contributed by atoms with Gasteiger partial charge < -0.3 is 13.3 Å². The lowest BCUT2D eigenvalue weighted by Crippen LogP contribution is -2.46. The van der Waals surface area contributed by atoms with Crippen LogP contribution in [0.3, 0.4) is 0 Å². The first kappa shape index (κ1) is 22.5. The third kappa shape index (κ3) is 12.6. The van der Waals surface area contributed by atoms with Crippen molar-refractivity contribution >= 4 is 14.9 Å². The fourth-order valence-corrected chi connectivity index (χ4v) is 4.77. The molecule has 0 fully saturated rings. The van der Waals surface area contributed by atoms with Crippen LogP contribution in [0.2, 0.25) is 6.04 Å². The number of carbonyl (C=O) groups excluding carboxylic acids is 1. The van der Waals surface area contributed by atoms with Crippen LogP contribution in [0.1, 0.15) is 72.1 Å². The van der Waals surface area contributed by atoms with Gasteiger partial charge in [-0.15, -0.1) is 0 Å². The molecule has 0 amide bonds. The summed E-state index contributed by atoms with van der Waals surface area (Å²) in [6, 6.07) is 0.804. The highest BCUT2D eigenvalue weighted by atomic mass is 28.4. The van der Waals surface area contributed by atoms with Gasteiger partial charge >= 0.3 is 8.80 Å². The van der Waals surface area contributed by atoms with Crippen molar-refractivity contribution in [2.24, 2.45) is 4.99 Å². The Morgan fingerprint density at radius 3 is 1.65 bits per heavy atom. The quantitative estimate of drug-likeness (QED) is 0.169. The van der Waals surface area contributed by atoms with E-state index in [1.165, 1.54) is 0 Å². The van der Waals surface area contributed by atoms with Gasteiger partial charge in [0.05, 0.1) is 6.54 Å². The predicted octanol–water partition coefficient (Wildman–Crippen LogP) is 4.49. The second-order valence-electron chi connectivity index (χ2n) is 5.72. The minimum absolute atomic E-state index is 0.521. The summed E-state index contributed by atoms with van der Waals surface area (Å²) in [5.74, 6) is 0. The summed E-state index contributed by atoms with van der Waals surface area (Å²) in [6.45, 7) is 9.08. The average Bonchev–Trinajstić information content (AvgIpc) is 2.55. The Labute approximate surface area is 143 Å². The summed E-state index contributed by atoms with van der Waals surface area (Å²) in [7, 11) is -2.61. The van der Waals surface area contributed by atoms with Crippen LogP contribution in [-0.2, 0) is 18.1 Å². The van der Waals surface area contributed by atoms with E-state index in [-0.39, 0.29) is 0 Å². The Balaban J connectivity index is 4.60. The zero-order valence-corrected chi connectivity index (χ0v) is 16.3. The molecule has 0 saturated carbocycles. The summed E-state index contributed by atoms with van der Waals surface area (Å²) < 4.78 is 18.5. The first-order valence-electron chi connectivity index (χ1n) is 9.20. The lowest BCUT2D eigenvalue weighted by atomic mass is 10.3. The van der Waals surface area contributed by atoms with E-state index in [1.54, 1.807) is 6.08 Å². The molecule has 0 radical (unpaired) electrons. The van der Waals surface area contributed by atoms with Gasteiger partial charge in [-0.25, -0.2) is 9.79 Å². The highest BCUT2D eigenvalue weighted by molar-refractivity contribution is 6.60. The minimum atomic E-state index is -2.61. The van der Waals surface area contributed by atoms with Gasteiger partial charge in [0.1, 0.15) is 0 Å². The normalized spacial score (nSPS) is 11.4. The van der Waals surface area contributed by atoms with E-state index in [0.29, 0.717) is 26.4 Å². The molecule has 0 aromatic rings. The predicted molar refractivity (Wildman–Crippen MR) is 95.4 cm³/mol. The second kappa shape index (κ2) is 16.3. The summed E-state index contributed by atoms with van der Waals surface area (Å²) in [5, 5.41) is 0. The van der Waals surface area contributed by atoms with Gasteiger partial charge in [-0.05, 0) is 32.1 Å². The Hall–Kier alpha value is -0.523. The molecular formula is C17H35NO4Si. The molecule has 0 N–H and O–H groups in total. The summed E-state index contributed by atoms with van der Waals surface area (Å²) in [5.41, 5.74) is 0. The maximum absolute atomic E-state index is 10.1. The van der Waals surface area contributed by atoms with Crippen molar-refractivity contribution in [1.82, 2.24) is 0 Å². The van der Waals surface area contributed by atoms with Crippen LogP contribution in [0.5, 0.6) is 0 Å². The third-order valence-electron chi connectivity index (χ3n) is 3.53. The monoisotopic (exact) mass is 345 g/mol. The van der Waals surface area contributed by atoms with Crippen molar-refractivity contribution in [2.75, 3.05) is 26.4 Å². The summed E-state index contributed by atoms with van der Waals surface area (Å²) >= 11 is 0. The van der Waals surface area contributed by atoms with Crippen molar-refractivity contribution in [2.45, 2.75) is 78.2 Å². The molecule has 5 nitrogen and oxygen atoms in total. The van der Waals surface area contributed by atoms with Crippen LogP contribution < -0.4 is 0 Å². The first-order valence-corrected chi connectivity index (χ1v) is 11.1. The molecule has 0 aliphatic rings. The summed E-state index contributed by atoms with van der Waals surface area (Å²) in [4.78, 5) is 13.7. The van der Waals surface area contributed by atoms with Crippen LogP contribution in [0, 0.1) is 0 Å². The van der Waals surface area contributed by atoms with Gasteiger partial charge in [0, 0.05) is 25.9 Å². The van der Waals surface area contributed by atoms with Crippen LogP contribution in [0.15, 0.2) is 4.99 Å². The van der Waals surface area contributed by atoms with Crippen LogP contribution in [-0.4, -0.2) is 41.2 Å². The SMILES string of the molecule is CCCCO[Si](CCCCN=C=O)(OCCCC)OCCCC. The number of unbranched alkanes of at least 4 members (excludes halogenated alkanes) is 4. The Morgan fingerprint density at radius 2 is 1.26 bits per heavy atom. The standard InChI is InChI=1S/C17H35NO4Si/c1-4-7-13-20-23(21-14-8-5-2,22-15-9-6-3)16-11-10-12-18-17-19/h4-16H2,1-3H3. The topological polar surface area (TPSA) is 57.1 Å². The van der Waals surface area contributed by atoms with Gasteiger partial charge in [0.25, 0.3) is 0 Å². The maximum atomic E-state index is 10.1.